The van der Waals surface area contributed by atoms with Crippen molar-refractivity contribution in [3.05, 3.63) is 12.2 Å². The first-order valence-electron chi connectivity index (χ1n) is 9.09. The quantitative estimate of drug-likeness (QED) is 0.424. The number of hydrogen-bond acceptors (Lipinski definition) is 5. The molecule has 7 unspecified atom stereocenters. The van der Waals surface area contributed by atoms with Gasteiger partial charge < -0.3 is 14.2 Å². The monoisotopic (exact) mass is 336 g/mol. The Labute approximate surface area is 143 Å². The topological polar surface area (TPSA) is 61.8 Å². The molecule has 3 aliphatic carbocycles. The van der Waals surface area contributed by atoms with Gasteiger partial charge in [0.2, 0.25) is 0 Å². The molecule has 0 aromatic rings. The van der Waals surface area contributed by atoms with E-state index < -0.39 is 6.29 Å². The largest absolute Gasteiger partial charge is 0.459 e. The number of fused-ring (bicyclic) bond motifs is 5. The Morgan fingerprint density at radius 3 is 2.50 bits per heavy atom. The van der Waals surface area contributed by atoms with Crippen LogP contribution in [0.1, 0.15) is 46.5 Å². The molecule has 5 heteroatoms. The fourth-order valence-corrected chi connectivity index (χ4v) is 5.16. The molecule has 2 bridgehead atoms. The van der Waals surface area contributed by atoms with Crippen LogP contribution >= 0.6 is 0 Å². The Morgan fingerprint density at radius 1 is 1.12 bits per heavy atom. The smallest absolute Gasteiger partial charge is 0.333 e. The van der Waals surface area contributed by atoms with Gasteiger partial charge >= 0.3 is 11.9 Å². The molecule has 5 nitrogen and oxygen atoms in total. The summed E-state index contributed by atoms with van der Waals surface area (Å²) in [6.45, 7) is 9.50. The van der Waals surface area contributed by atoms with Crippen molar-refractivity contribution in [2.24, 2.45) is 29.6 Å². The van der Waals surface area contributed by atoms with E-state index in [-0.39, 0.29) is 24.0 Å². The summed E-state index contributed by atoms with van der Waals surface area (Å²) >= 11 is 0. The van der Waals surface area contributed by atoms with Gasteiger partial charge in [-0.15, -0.1) is 0 Å². The number of carbonyl (C=O) groups excluding carboxylic acids is 2. The van der Waals surface area contributed by atoms with Crippen LogP contribution in [0.15, 0.2) is 12.2 Å². The standard InChI is InChI=1S/C19H28O5/c1-5-22-11(4)23-19(21)17-7-12-6-15(17)16-9-13(8-14(12)16)24-18(20)10(2)3/h11-17H,2,5-9H2,1,3-4H3. The molecule has 0 aliphatic heterocycles. The van der Waals surface area contributed by atoms with Crippen LogP contribution in [-0.4, -0.2) is 30.9 Å². The number of ether oxygens (including phenoxy) is 3. The molecule has 3 fully saturated rings. The molecule has 134 valence electrons. The van der Waals surface area contributed by atoms with E-state index in [1.807, 2.05) is 6.92 Å². The van der Waals surface area contributed by atoms with Gasteiger partial charge in [0, 0.05) is 12.2 Å². The van der Waals surface area contributed by atoms with Gasteiger partial charge in [0.1, 0.15) is 6.10 Å². The summed E-state index contributed by atoms with van der Waals surface area (Å²) in [6.07, 6.45) is 3.32. The minimum absolute atomic E-state index is 0.0188. The van der Waals surface area contributed by atoms with Crippen LogP contribution < -0.4 is 0 Å². The van der Waals surface area contributed by atoms with Crippen molar-refractivity contribution in [1.82, 2.24) is 0 Å². The summed E-state index contributed by atoms with van der Waals surface area (Å²) < 4.78 is 16.3. The second-order valence-electron chi connectivity index (χ2n) is 7.57. The van der Waals surface area contributed by atoms with E-state index in [1.54, 1.807) is 13.8 Å². The predicted octanol–water partition coefficient (Wildman–Crippen LogP) is 3.08. The molecule has 0 N–H and O–H groups in total. The van der Waals surface area contributed by atoms with Crippen molar-refractivity contribution < 1.29 is 23.8 Å². The molecule has 0 amide bonds. The van der Waals surface area contributed by atoms with Gasteiger partial charge in [0.25, 0.3) is 0 Å². The zero-order chi connectivity index (χ0) is 17.4. The molecule has 0 radical (unpaired) electrons. The molecule has 0 aromatic heterocycles. The third kappa shape index (κ3) is 3.23. The van der Waals surface area contributed by atoms with Crippen molar-refractivity contribution in [3.63, 3.8) is 0 Å². The zero-order valence-corrected chi connectivity index (χ0v) is 14.8. The molecule has 3 rings (SSSR count). The zero-order valence-electron chi connectivity index (χ0n) is 14.8. The summed E-state index contributed by atoms with van der Waals surface area (Å²) in [5.41, 5.74) is 0.446. The maximum absolute atomic E-state index is 12.5. The van der Waals surface area contributed by atoms with Crippen molar-refractivity contribution in [3.8, 4) is 0 Å². The van der Waals surface area contributed by atoms with Crippen LogP contribution in [0.3, 0.4) is 0 Å². The van der Waals surface area contributed by atoms with E-state index in [0.717, 1.165) is 25.7 Å². The van der Waals surface area contributed by atoms with Crippen LogP contribution in [0, 0.1) is 29.6 Å². The highest BCUT2D eigenvalue weighted by atomic mass is 16.7. The summed E-state index contributed by atoms with van der Waals surface area (Å²) in [7, 11) is 0. The van der Waals surface area contributed by atoms with Gasteiger partial charge in [0.05, 0.1) is 5.92 Å². The predicted molar refractivity (Wildman–Crippen MR) is 87.8 cm³/mol. The number of rotatable bonds is 6. The second kappa shape index (κ2) is 6.87. The van der Waals surface area contributed by atoms with Crippen LogP contribution in [0.2, 0.25) is 0 Å². The highest BCUT2D eigenvalue weighted by molar-refractivity contribution is 5.87. The maximum Gasteiger partial charge on any atom is 0.333 e. The first-order valence-corrected chi connectivity index (χ1v) is 9.09. The van der Waals surface area contributed by atoms with Crippen molar-refractivity contribution >= 4 is 11.9 Å². The molecule has 0 spiro atoms. The lowest BCUT2D eigenvalue weighted by Crippen LogP contribution is -2.33. The average molecular weight is 336 g/mol. The normalized spacial score (nSPS) is 37.8. The molecule has 0 heterocycles. The van der Waals surface area contributed by atoms with Gasteiger partial charge in [-0.25, -0.2) is 4.79 Å². The van der Waals surface area contributed by atoms with Gasteiger partial charge in [-0.1, -0.05) is 6.58 Å². The highest BCUT2D eigenvalue weighted by Crippen LogP contribution is 2.61. The fourth-order valence-electron chi connectivity index (χ4n) is 5.16. The van der Waals surface area contributed by atoms with Crippen molar-refractivity contribution in [2.75, 3.05) is 6.61 Å². The average Bonchev–Trinajstić information content (AvgIpc) is 3.17. The lowest BCUT2D eigenvalue weighted by molar-refractivity contribution is -0.181. The third-order valence-electron chi connectivity index (χ3n) is 6.03. The van der Waals surface area contributed by atoms with Gasteiger partial charge in [-0.05, 0) is 70.1 Å². The first kappa shape index (κ1) is 17.5. The van der Waals surface area contributed by atoms with Crippen LogP contribution in [0.25, 0.3) is 0 Å². The summed E-state index contributed by atoms with van der Waals surface area (Å²) in [5, 5.41) is 0. The number of carbonyl (C=O) groups is 2. The molecule has 0 aromatic carbocycles. The minimum atomic E-state index is -0.481. The molecular formula is C19H28O5. The molecule has 3 saturated carbocycles. The maximum atomic E-state index is 12.5. The van der Waals surface area contributed by atoms with E-state index in [4.69, 9.17) is 14.2 Å². The number of hydrogen-bond donors (Lipinski definition) is 0. The molecule has 0 saturated heterocycles. The Hall–Kier alpha value is -1.36. The van der Waals surface area contributed by atoms with Gasteiger partial charge in [-0.2, -0.15) is 0 Å². The van der Waals surface area contributed by atoms with Crippen LogP contribution in [0.4, 0.5) is 0 Å². The third-order valence-corrected chi connectivity index (χ3v) is 6.03. The Bertz CT molecular complexity index is 528. The van der Waals surface area contributed by atoms with Crippen molar-refractivity contribution in [2.45, 2.75) is 58.8 Å². The Morgan fingerprint density at radius 2 is 1.83 bits per heavy atom. The lowest BCUT2D eigenvalue weighted by atomic mass is 9.76. The van der Waals surface area contributed by atoms with Gasteiger partial charge in [-0.3, -0.25) is 4.79 Å². The van der Waals surface area contributed by atoms with E-state index in [9.17, 15) is 9.59 Å². The van der Waals surface area contributed by atoms with E-state index in [1.165, 1.54) is 0 Å². The molecular weight excluding hydrogens is 308 g/mol. The van der Waals surface area contributed by atoms with E-state index in [2.05, 4.69) is 6.58 Å². The van der Waals surface area contributed by atoms with E-state index >= 15 is 0 Å². The second-order valence-corrected chi connectivity index (χ2v) is 7.57. The summed E-state index contributed by atoms with van der Waals surface area (Å²) in [5.74, 6) is 1.56. The van der Waals surface area contributed by atoms with E-state index in [0.29, 0.717) is 35.9 Å². The fraction of sp³-hybridized carbons (Fsp3) is 0.789. The first-order chi connectivity index (χ1) is 11.4. The van der Waals surface area contributed by atoms with Crippen molar-refractivity contribution in [1.29, 1.82) is 0 Å². The lowest BCUT2D eigenvalue weighted by Gasteiger charge is -2.30. The van der Waals surface area contributed by atoms with Crippen LogP contribution in [0.5, 0.6) is 0 Å². The Kier molecular flexibility index (Phi) is 5.00. The molecule has 24 heavy (non-hydrogen) atoms. The highest BCUT2D eigenvalue weighted by Gasteiger charge is 2.58. The SMILES string of the molecule is C=C(C)C(=O)OC1CC2C3CC(C(=O)OC(C)OCC)C(C3)C2C1. The van der Waals surface area contributed by atoms with Crippen LogP contribution in [-0.2, 0) is 23.8 Å². The number of esters is 2. The summed E-state index contributed by atoms with van der Waals surface area (Å²) in [4.78, 5) is 24.2. The molecule has 7 atom stereocenters. The molecule has 3 aliphatic rings. The Balaban J connectivity index is 1.57. The summed E-state index contributed by atoms with van der Waals surface area (Å²) in [6, 6.07) is 0. The van der Waals surface area contributed by atoms with Gasteiger partial charge in [0.15, 0.2) is 6.29 Å². The minimum Gasteiger partial charge on any atom is -0.459 e.